The number of rotatable bonds is 4. The molecule has 0 fully saturated rings. The highest BCUT2D eigenvalue weighted by molar-refractivity contribution is 7.15. The number of hydrogen-bond acceptors (Lipinski definition) is 4. The molecule has 1 aromatic rings. The Morgan fingerprint density at radius 1 is 1.65 bits per heavy atom. The average molecular weight is 252 g/mol. The lowest BCUT2D eigenvalue weighted by Crippen LogP contribution is -2.17. The molecule has 92 valence electrons. The van der Waals surface area contributed by atoms with Gasteiger partial charge in [0.2, 0.25) is 0 Å². The van der Waals surface area contributed by atoms with E-state index in [9.17, 15) is 4.79 Å². The lowest BCUT2D eigenvalue weighted by atomic mass is 10.1. The molecule has 4 nitrogen and oxygen atoms in total. The Morgan fingerprint density at radius 2 is 2.53 bits per heavy atom. The number of anilines is 1. The Morgan fingerprint density at radius 3 is 3.24 bits per heavy atom. The summed E-state index contributed by atoms with van der Waals surface area (Å²) in [5.74, 6) is -0.0953. The maximum Gasteiger partial charge on any atom is 0.256 e. The highest BCUT2D eigenvalue weighted by atomic mass is 32.1. The Bertz CT molecular complexity index is 426. The van der Waals surface area contributed by atoms with Gasteiger partial charge in [-0.1, -0.05) is 13.3 Å². The first kappa shape index (κ1) is 12.1. The van der Waals surface area contributed by atoms with Gasteiger partial charge in [-0.05, 0) is 19.3 Å². The van der Waals surface area contributed by atoms with Crippen molar-refractivity contribution in [1.29, 1.82) is 0 Å². The van der Waals surface area contributed by atoms with Crippen molar-refractivity contribution < 1.29 is 9.53 Å². The zero-order chi connectivity index (χ0) is 12.1. The van der Waals surface area contributed by atoms with Crippen molar-refractivity contribution in [2.75, 3.05) is 11.9 Å². The summed E-state index contributed by atoms with van der Waals surface area (Å²) in [6.07, 6.45) is 7.17. The number of ether oxygens (including phenoxy) is 1. The van der Waals surface area contributed by atoms with E-state index in [4.69, 9.17) is 4.74 Å². The molecular formula is C12H16N2O2S. The maximum absolute atomic E-state index is 11.8. The van der Waals surface area contributed by atoms with Crippen LogP contribution < -0.4 is 5.32 Å². The Labute approximate surface area is 105 Å². The van der Waals surface area contributed by atoms with Crippen LogP contribution in [0.1, 0.15) is 31.1 Å². The van der Waals surface area contributed by atoms with E-state index in [1.54, 1.807) is 6.26 Å². The predicted molar refractivity (Wildman–Crippen MR) is 68.0 cm³/mol. The van der Waals surface area contributed by atoms with Gasteiger partial charge >= 0.3 is 0 Å². The Hall–Kier alpha value is -1.36. The van der Waals surface area contributed by atoms with Gasteiger partial charge in [-0.15, -0.1) is 11.3 Å². The van der Waals surface area contributed by atoms with Crippen LogP contribution in [-0.4, -0.2) is 17.5 Å². The third-order valence-electron chi connectivity index (χ3n) is 2.50. The zero-order valence-corrected chi connectivity index (χ0v) is 10.7. The first-order valence-electron chi connectivity index (χ1n) is 5.86. The molecule has 0 aromatic carbocycles. The van der Waals surface area contributed by atoms with E-state index in [-0.39, 0.29) is 5.91 Å². The van der Waals surface area contributed by atoms with Gasteiger partial charge in [0.15, 0.2) is 5.13 Å². The number of carbonyl (C=O) groups is 1. The van der Waals surface area contributed by atoms with E-state index < -0.39 is 0 Å². The molecule has 0 saturated carbocycles. The van der Waals surface area contributed by atoms with Gasteiger partial charge in [0, 0.05) is 11.1 Å². The van der Waals surface area contributed by atoms with Crippen LogP contribution >= 0.6 is 11.3 Å². The summed E-state index contributed by atoms with van der Waals surface area (Å²) in [5.41, 5.74) is 0.698. The third kappa shape index (κ3) is 3.30. The number of hydrogen-bond donors (Lipinski definition) is 1. The fourth-order valence-corrected chi connectivity index (χ4v) is 2.55. The van der Waals surface area contributed by atoms with Crippen molar-refractivity contribution in [2.24, 2.45) is 0 Å². The quantitative estimate of drug-likeness (QED) is 0.896. The topological polar surface area (TPSA) is 51.2 Å². The largest absolute Gasteiger partial charge is 0.501 e. The van der Waals surface area contributed by atoms with E-state index >= 15 is 0 Å². The van der Waals surface area contributed by atoms with Crippen LogP contribution in [0.4, 0.5) is 5.13 Å². The van der Waals surface area contributed by atoms with Crippen LogP contribution in [0.3, 0.4) is 0 Å². The summed E-state index contributed by atoms with van der Waals surface area (Å²) >= 11 is 1.54. The molecule has 1 amide bonds. The minimum atomic E-state index is -0.0953. The number of nitrogens with zero attached hydrogens (tertiary/aromatic N) is 1. The van der Waals surface area contributed by atoms with E-state index in [1.807, 2.05) is 6.20 Å². The van der Waals surface area contributed by atoms with Gasteiger partial charge in [0.1, 0.15) is 0 Å². The molecule has 0 radical (unpaired) electrons. The molecule has 1 aromatic heterocycles. The van der Waals surface area contributed by atoms with E-state index in [1.165, 1.54) is 16.2 Å². The van der Waals surface area contributed by atoms with Crippen LogP contribution in [0.2, 0.25) is 0 Å². The molecule has 0 saturated heterocycles. The number of thiazole rings is 1. The van der Waals surface area contributed by atoms with Gasteiger partial charge < -0.3 is 4.74 Å². The van der Waals surface area contributed by atoms with E-state index in [0.29, 0.717) is 17.3 Å². The molecule has 2 rings (SSSR count). The number of amides is 1. The fourth-order valence-electron chi connectivity index (χ4n) is 1.64. The minimum absolute atomic E-state index is 0.0953. The van der Waals surface area contributed by atoms with Gasteiger partial charge in [-0.25, -0.2) is 4.98 Å². The lowest BCUT2D eigenvalue weighted by Gasteiger charge is -2.12. The normalized spacial score (nSPS) is 15.0. The Balaban J connectivity index is 1.95. The van der Waals surface area contributed by atoms with Crippen LogP contribution in [0.15, 0.2) is 18.0 Å². The van der Waals surface area contributed by atoms with E-state index in [2.05, 4.69) is 17.2 Å². The summed E-state index contributed by atoms with van der Waals surface area (Å²) in [5, 5.41) is 3.48. The summed E-state index contributed by atoms with van der Waals surface area (Å²) in [6.45, 7) is 2.83. The van der Waals surface area contributed by atoms with Crippen molar-refractivity contribution in [2.45, 2.75) is 32.6 Å². The molecule has 0 bridgehead atoms. The van der Waals surface area contributed by atoms with Crippen LogP contribution in [0.5, 0.6) is 0 Å². The van der Waals surface area contributed by atoms with Crippen molar-refractivity contribution >= 4 is 22.4 Å². The van der Waals surface area contributed by atoms with Crippen LogP contribution in [0.25, 0.3) is 0 Å². The molecule has 0 unspecified atom stereocenters. The van der Waals surface area contributed by atoms with Crippen LogP contribution in [-0.2, 0) is 16.0 Å². The Kier molecular flexibility index (Phi) is 4.14. The first-order chi connectivity index (χ1) is 8.29. The third-order valence-corrected chi connectivity index (χ3v) is 3.47. The first-order valence-corrected chi connectivity index (χ1v) is 6.68. The molecule has 1 N–H and O–H groups in total. The second-order valence-electron chi connectivity index (χ2n) is 3.95. The smallest absolute Gasteiger partial charge is 0.256 e. The molecule has 0 spiro atoms. The number of nitrogens with one attached hydrogen (secondary N) is 1. The molecule has 17 heavy (non-hydrogen) atoms. The number of carbonyl (C=O) groups excluding carboxylic acids is 1. The maximum atomic E-state index is 11.8. The highest BCUT2D eigenvalue weighted by Gasteiger charge is 2.14. The molecule has 1 aliphatic rings. The monoisotopic (exact) mass is 252 g/mol. The summed E-state index contributed by atoms with van der Waals surface area (Å²) in [6, 6.07) is 0. The number of aromatic nitrogens is 1. The standard InChI is InChI=1S/C12H16N2O2S/c1-2-4-10-7-13-12(17-10)14-11(15)9-5-3-6-16-8-9/h7-8H,2-6H2,1H3,(H,13,14,15). The van der Waals surface area contributed by atoms with Gasteiger partial charge in [-0.2, -0.15) is 0 Å². The second-order valence-corrected chi connectivity index (χ2v) is 5.07. The molecular weight excluding hydrogens is 236 g/mol. The van der Waals surface area contributed by atoms with Crippen molar-refractivity contribution in [3.8, 4) is 0 Å². The van der Waals surface area contributed by atoms with Gasteiger partial charge in [0.05, 0.1) is 18.4 Å². The second kappa shape index (κ2) is 5.82. The fraction of sp³-hybridized carbons (Fsp3) is 0.500. The summed E-state index contributed by atoms with van der Waals surface area (Å²) < 4.78 is 5.14. The van der Waals surface area contributed by atoms with Gasteiger partial charge in [0.25, 0.3) is 5.91 Å². The van der Waals surface area contributed by atoms with Crippen molar-refractivity contribution in [3.63, 3.8) is 0 Å². The number of aryl methyl sites for hydroxylation is 1. The molecule has 5 heteroatoms. The minimum Gasteiger partial charge on any atom is -0.501 e. The molecule has 0 aliphatic carbocycles. The van der Waals surface area contributed by atoms with Crippen molar-refractivity contribution in [1.82, 2.24) is 4.98 Å². The van der Waals surface area contributed by atoms with Crippen LogP contribution in [0, 0.1) is 0 Å². The highest BCUT2D eigenvalue weighted by Crippen LogP contribution is 2.21. The summed E-state index contributed by atoms with van der Waals surface area (Å²) in [7, 11) is 0. The zero-order valence-electron chi connectivity index (χ0n) is 9.86. The van der Waals surface area contributed by atoms with Gasteiger partial charge in [-0.3, -0.25) is 10.1 Å². The average Bonchev–Trinajstić information content (AvgIpc) is 2.78. The predicted octanol–water partition coefficient (Wildman–Crippen LogP) is 2.73. The van der Waals surface area contributed by atoms with E-state index in [0.717, 1.165) is 25.7 Å². The molecule has 0 atom stereocenters. The molecule has 1 aliphatic heterocycles. The summed E-state index contributed by atoms with van der Waals surface area (Å²) in [4.78, 5) is 17.2. The lowest BCUT2D eigenvalue weighted by molar-refractivity contribution is -0.113. The van der Waals surface area contributed by atoms with Crippen molar-refractivity contribution in [3.05, 3.63) is 22.9 Å². The SMILES string of the molecule is CCCc1cnc(NC(=O)C2=COCCC2)s1. The molecule has 2 heterocycles.